The molecule has 1 amide bonds. The smallest absolute Gasteiger partial charge is 0.268 e. The van der Waals surface area contributed by atoms with Crippen LogP contribution in [0.1, 0.15) is 48.7 Å². The Hall–Kier alpha value is -1.33. The maximum absolute atomic E-state index is 11.3. The van der Waals surface area contributed by atoms with E-state index in [4.69, 9.17) is 15.0 Å². The number of ether oxygens (including phenoxy) is 1. The van der Waals surface area contributed by atoms with Crippen LogP contribution >= 0.6 is 0 Å². The van der Waals surface area contributed by atoms with Crippen LogP contribution < -0.4 is 11.3 Å². The molecule has 0 unspecified atom stereocenters. The van der Waals surface area contributed by atoms with E-state index in [0.29, 0.717) is 24.5 Å². The number of carbonyl (C=O) groups excluding carboxylic acids is 1. The fourth-order valence-corrected chi connectivity index (χ4v) is 1.53. The van der Waals surface area contributed by atoms with E-state index in [1.165, 1.54) is 25.5 Å². The van der Waals surface area contributed by atoms with Gasteiger partial charge in [0.05, 0.1) is 11.8 Å². The molecule has 1 heterocycles. The van der Waals surface area contributed by atoms with E-state index >= 15 is 0 Å². The van der Waals surface area contributed by atoms with Gasteiger partial charge in [-0.25, -0.2) is 5.84 Å². The largest absolute Gasteiger partial charge is 0.466 e. The molecule has 0 atom stereocenters. The van der Waals surface area contributed by atoms with Crippen LogP contribution in [-0.2, 0) is 11.3 Å². The normalized spacial score (nSPS) is 10.5. The fraction of sp³-hybridized carbons (Fsp3) is 0.583. The van der Waals surface area contributed by atoms with Gasteiger partial charge in [0, 0.05) is 6.61 Å². The molecule has 1 rings (SSSR count). The molecule has 0 saturated carbocycles. The highest BCUT2D eigenvalue weighted by Crippen LogP contribution is 2.12. The summed E-state index contributed by atoms with van der Waals surface area (Å²) in [6, 6.07) is 1.58. The Bertz CT molecular complexity index is 336. The number of furan rings is 1. The lowest BCUT2D eigenvalue weighted by atomic mass is 10.2. The monoisotopic (exact) mass is 240 g/mol. The molecule has 0 bridgehead atoms. The minimum atomic E-state index is -0.358. The summed E-state index contributed by atoms with van der Waals surface area (Å²) in [5.74, 6) is 5.22. The first kappa shape index (κ1) is 13.7. The van der Waals surface area contributed by atoms with Crippen LogP contribution in [0, 0.1) is 0 Å². The average molecular weight is 240 g/mol. The second kappa shape index (κ2) is 7.86. The molecule has 0 saturated heterocycles. The Kier molecular flexibility index (Phi) is 6.35. The topological polar surface area (TPSA) is 77.5 Å². The van der Waals surface area contributed by atoms with E-state index < -0.39 is 0 Å². The third kappa shape index (κ3) is 4.58. The van der Waals surface area contributed by atoms with Gasteiger partial charge < -0.3 is 9.15 Å². The minimum absolute atomic E-state index is 0.307. The first-order valence-electron chi connectivity index (χ1n) is 5.94. The molecule has 96 valence electrons. The lowest BCUT2D eigenvalue weighted by Crippen LogP contribution is -2.30. The number of amides is 1. The number of nitrogen functional groups attached to an aromatic ring is 1. The van der Waals surface area contributed by atoms with E-state index in [-0.39, 0.29) is 5.91 Å². The molecule has 3 N–H and O–H groups in total. The van der Waals surface area contributed by atoms with Gasteiger partial charge in [0.1, 0.15) is 12.4 Å². The molecule has 0 aliphatic rings. The SMILES string of the molecule is CCCCCCOCc1occc1C(=O)NN. The molecular formula is C12H20N2O3. The summed E-state index contributed by atoms with van der Waals surface area (Å²) in [4.78, 5) is 11.3. The molecule has 1 aromatic rings. The summed E-state index contributed by atoms with van der Waals surface area (Å²) >= 11 is 0. The summed E-state index contributed by atoms with van der Waals surface area (Å²) in [6.07, 6.45) is 6.10. The highest BCUT2D eigenvalue weighted by Gasteiger charge is 2.13. The Morgan fingerprint density at radius 1 is 1.47 bits per heavy atom. The summed E-state index contributed by atoms with van der Waals surface area (Å²) in [7, 11) is 0. The molecule has 0 aliphatic heterocycles. The van der Waals surface area contributed by atoms with Crippen LogP contribution in [-0.4, -0.2) is 12.5 Å². The van der Waals surface area contributed by atoms with Gasteiger partial charge in [0.2, 0.25) is 0 Å². The molecular weight excluding hydrogens is 220 g/mol. The molecule has 5 heteroatoms. The maximum Gasteiger partial charge on any atom is 0.268 e. The molecule has 1 aromatic heterocycles. The van der Waals surface area contributed by atoms with Gasteiger partial charge >= 0.3 is 0 Å². The second-order valence-electron chi connectivity index (χ2n) is 3.84. The van der Waals surface area contributed by atoms with Crippen molar-refractivity contribution >= 4 is 5.91 Å². The zero-order valence-electron chi connectivity index (χ0n) is 10.2. The van der Waals surface area contributed by atoms with Gasteiger partial charge in [-0.2, -0.15) is 0 Å². The number of rotatable bonds is 8. The highest BCUT2D eigenvalue weighted by molar-refractivity contribution is 5.94. The van der Waals surface area contributed by atoms with E-state index in [1.807, 2.05) is 0 Å². The average Bonchev–Trinajstić information content (AvgIpc) is 2.81. The van der Waals surface area contributed by atoms with Crippen molar-refractivity contribution in [3.8, 4) is 0 Å². The first-order valence-corrected chi connectivity index (χ1v) is 5.94. The fourth-order valence-electron chi connectivity index (χ4n) is 1.53. The van der Waals surface area contributed by atoms with Crippen molar-refractivity contribution in [3.05, 3.63) is 23.7 Å². The second-order valence-corrected chi connectivity index (χ2v) is 3.84. The summed E-state index contributed by atoms with van der Waals surface area (Å²) in [6.45, 7) is 3.16. The maximum atomic E-state index is 11.3. The van der Waals surface area contributed by atoms with Gasteiger partial charge in [-0.15, -0.1) is 0 Å². The zero-order valence-corrected chi connectivity index (χ0v) is 10.2. The lowest BCUT2D eigenvalue weighted by Gasteiger charge is -2.03. The van der Waals surface area contributed by atoms with E-state index in [9.17, 15) is 4.79 Å². The van der Waals surface area contributed by atoms with Crippen molar-refractivity contribution in [2.45, 2.75) is 39.2 Å². The standard InChI is InChI=1S/C12H20N2O3/c1-2-3-4-5-7-16-9-11-10(6-8-17-11)12(15)14-13/h6,8H,2-5,7,9,13H2,1H3,(H,14,15). The number of carbonyl (C=O) groups is 1. The van der Waals surface area contributed by atoms with Crippen molar-refractivity contribution in [1.82, 2.24) is 5.43 Å². The lowest BCUT2D eigenvalue weighted by molar-refractivity contribution is 0.0910. The van der Waals surface area contributed by atoms with E-state index in [2.05, 4.69) is 12.3 Å². The van der Waals surface area contributed by atoms with Crippen LogP contribution in [0.25, 0.3) is 0 Å². The molecule has 5 nitrogen and oxygen atoms in total. The van der Waals surface area contributed by atoms with E-state index in [1.54, 1.807) is 6.07 Å². The minimum Gasteiger partial charge on any atom is -0.466 e. The Morgan fingerprint density at radius 2 is 2.29 bits per heavy atom. The van der Waals surface area contributed by atoms with Crippen molar-refractivity contribution in [3.63, 3.8) is 0 Å². The number of unbranched alkanes of at least 4 members (excludes halogenated alkanes) is 3. The van der Waals surface area contributed by atoms with Gasteiger partial charge in [-0.05, 0) is 12.5 Å². The third-order valence-corrected chi connectivity index (χ3v) is 2.50. The molecule has 0 fully saturated rings. The first-order chi connectivity index (χ1) is 8.29. The van der Waals surface area contributed by atoms with Gasteiger partial charge in [0.15, 0.2) is 0 Å². The van der Waals surface area contributed by atoms with Crippen LogP contribution in [0.5, 0.6) is 0 Å². The quantitative estimate of drug-likeness (QED) is 0.315. The number of hydrazine groups is 1. The Labute approximate surface area is 101 Å². The third-order valence-electron chi connectivity index (χ3n) is 2.50. The van der Waals surface area contributed by atoms with Crippen molar-refractivity contribution in [2.75, 3.05) is 6.61 Å². The van der Waals surface area contributed by atoms with Crippen molar-refractivity contribution in [2.24, 2.45) is 5.84 Å². The summed E-state index contributed by atoms with van der Waals surface area (Å²) in [5.41, 5.74) is 2.50. The number of nitrogens with one attached hydrogen (secondary N) is 1. The highest BCUT2D eigenvalue weighted by atomic mass is 16.5. The van der Waals surface area contributed by atoms with Crippen LogP contribution in [0.4, 0.5) is 0 Å². The predicted octanol–water partition coefficient (Wildman–Crippen LogP) is 1.98. The number of hydrogen-bond acceptors (Lipinski definition) is 4. The van der Waals surface area contributed by atoms with Crippen molar-refractivity contribution < 1.29 is 13.9 Å². The van der Waals surface area contributed by atoms with Gasteiger partial charge in [-0.3, -0.25) is 10.2 Å². The van der Waals surface area contributed by atoms with Gasteiger partial charge in [0.25, 0.3) is 5.91 Å². The van der Waals surface area contributed by atoms with E-state index in [0.717, 1.165) is 6.42 Å². The predicted molar refractivity (Wildman–Crippen MR) is 64.2 cm³/mol. The zero-order chi connectivity index (χ0) is 12.5. The van der Waals surface area contributed by atoms with Crippen LogP contribution in [0.3, 0.4) is 0 Å². The summed E-state index contributed by atoms with van der Waals surface area (Å²) < 4.78 is 10.6. The van der Waals surface area contributed by atoms with Gasteiger partial charge in [-0.1, -0.05) is 26.2 Å². The Balaban J connectivity index is 2.27. The molecule has 17 heavy (non-hydrogen) atoms. The van der Waals surface area contributed by atoms with Crippen LogP contribution in [0.2, 0.25) is 0 Å². The molecule has 0 aliphatic carbocycles. The summed E-state index contributed by atoms with van der Waals surface area (Å²) in [5, 5.41) is 0. The molecule has 0 spiro atoms. The molecule has 0 radical (unpaired) electrons. The number of nitrogens with two attached hydrogens (primary N) is 1. The number of hydrogen-bond donors (Lipinski definition) is 2. The molecule has 0 aromatic carbocycles. The van der Waals surface area contributed by atoms with Crippen LogP contribution in [0.15, 0.2) is 16.7 Å². The Morgan fingerprint density at radius 3 is 3.00 bits per heavy atom. The van der Waals surface area contributed by atoms with Crippen molar-refractivity contribution in [1.29, 1.82) is 0 Å².